The third kappa shape index (κ3) is 3.93. The monoisotopic (exact) mass is 274 g/mol. The maximum atomic E-state index is 11.6. The Labute approximate surface area is 111 Å². The summed E-state index contributed by atoms with van der Waals surface area (Å²) in [6.45, 7) is 4.89. The number of nitrogens with zero attached hydrogens (tertiary/aromatic N) is 1. The topological polar surface area (TPSA) is 63.4 Å². The van der Waals surface area contributed by atoms with Gasteiger partial charge in [-0.2, -0.15) is 0 Å². The molecule has 2 fully saturated rings. The molecule has 0 bridgehead atoms. The van der Waals surface area contributed by atoms with Gasteiger partial charge in [-0.05, 0) is 44.1 Å². The molecule has 1 saturated carbocycles. The number of nitrogens with two attached hydrogens (primary N) is 1. The second-order valence-electron chi connectivity index (χ2n) is 6.15. The van der Waals surface area contributed by atoms with Crippen LogP contribution in [0.4, 0.5) is 0 Å². The summed E-state index contributed by atoms with van der Waals surface area (Å²) in [5.41, 5.74) is 6.21. The lowest BCUT2D eigenvalue weighted by Crippen LogP contribution is -2.43. The Kier molecular flexibility index (Phi) is 4.67. The Morgan fingerprint density at radius 2 is 2.00 bits per heavy atom. The summed E-state index contributed by atoms with van der Waals surface area (Å²) < 4.78 is 23.1. The fourth-order valence-corrected chi connectivity index (χ4v) is 4.55. The molecule has 2 aliphatic rings. The lowest BCUT2D eigenvalue weighted by molar-refractivity contribution is 0.168. The molecule has 0 radical (unpaired) electrons. The highest BCUT2D eigenvalue weighted by Gasteiger charge is 2.28. The minimum absolute atomic E-state index is 0.307. The molecule has 0 aromatic rings. The van der Waals surface area contributed by atoms with Crippen LogP contribution < -0.4 is 5.73 Å². The average molecular weight is 274 g/mol. The van der Waals surface area contributed by atoms with Crippen LogP contribution in [0.25, 0.3) is 0 Å². The summed E-state index contributed by atoms with van der Waals surface area (Å²) in [4.78, 5) is 2.31. The van der Waals surface area contributed by atoms with E-state index < -0.39 is 9.84 Å². The Hall–Kier alpha value is -0.130. The summed E-state index contributed by atoms with van der Waals surface area (Å²) >= 11 is 0. The predicted molar refractivity (Wildman–Crippen MR) is 74.2 cm³/mol. The van der Waals surface area contributed by atoms with Crippen LogP contribution in [0.1, 0.15) is 32.6 Å². The van der Waals surface area contributed by atoms with Gasteiger partial charge in [-0.1, -0.05) is 6.92 Å². The van der Waals surface area contributed by atoms with Gasteiger partial charge in [-0.25, -0.2) is 8.42 Å². The maximum Gasteiger partial charge on any atom is 0.151 e. The molecule has 18 heavy (non-hydrogen) atoms. The van der Waals surface area contributed by atoms with Gasteiger partial charge in [0.1, 0.15) is 0 Å². The summed E-state index contributed by atoms with van der Waals surface area (Å²) in [7, 11) is -2.79. The van der Waals surface area contributed by atoms with Crippen molar-refractivity contribution in [3.63, 3.8) is 0 Å². The molecule has 0 aromatic heterocycles. The highest BCUT2D eigenvalue weighted by molar-refractivity contribution is 7.91. The van der Waals surface area contributed by atoms with E-state index in [0.717, 1.165) is 31.8 Å². The first-order valence-corrected chi connectivity index (χ1v) is 8.97. The molecule has 1 saturated heterocycles. The maximum absolute atomic E-state index is 11.6. The van der Waals surface area contributed by atoms with Crippen molar-refractivity contribution in [3.05, 3.63) is 0 Å². The van der Waals surface area contributed by atoms with Gasteiger partial charge >= 0.3 is 0 Å². The largest absolute Gasteiger partial charge is 0.327 e. The van der Waals surface area contributed by atoms with Crippen molar-refractivity contribution in [2.45, 2.75) is 38.6 Å². The van der Waals surface area contributed by atoms with Crippen LogP contribution in [0.5, 0.6) is 0 Å². The molecular weight excluding hydrogens is 248 g/mol. The Morgan fingerprint density at radius 1 is 1.22 bits per heavy atom. The highest BCUT2D eigenvalue weighted by Crippen LogP contribution is 2.28. The number of rotatable bonds is 2. The van der Waals surface area contributed by atoms with Crippen molar-refractivity contribution >= 4 is 9.84 Å². The van der Waals surface area contributed by atoms with E-state index >= 15 is 0 Å². The predicted octanol–water partition coefficient (Wildman–Crippen LogP) is 0.870. The van der Waals surface area contributed by atoms with Crippen molar-refractivity contribution in [1.82, 2.24) is 4.90 Å². The molecule has 0 amide bonds. The van der Waals surface area contributed by atoms with E-state index in [-0.39, 0.29) is 0 Å². The molecule has 2 N–H and O–H groups in total. The molecule has 1 aliphatic carbocycles. The van der Waals surface area contributed by atoms with Crippen LogP contribution in [-0.4, -0.2) is 50.5 Å². The minimum Gasteiger partial charge on any atom is -0.327 e. The van der Waals surface area contributed by atoms with E-state index in [9.17, 15) is 8.42 Å². The van der Waals surface area contributed by atoms with Gasteiger partial charge in [-0.15, -0.1) is 0 Å². The molecular formula is C13H26N2O2S. The van der Waals surface area contributed by atoms with Gasteiger partial charge in [0.05, 0.1) is 11.5 Å². The molecule has 5 heteroatoms. The van der Waals surface area contributed by atoms with Gasteiger partial charge in [0.2, 0.25) is 0 Å². The summed E-state index contributed by atoms with van der Waals surface area (Å²) in [5, 5.41) is 0. The van der Waals surface area contributed by atoms with Crippen LogP contribution in [0.2, 0.25) is 0 Å². The van der Waals surface area contributed by atoms with Gasteiger partial charge in [0.25, 0.3) is 0 Å². The van der Waals surface area contributed by atoms with Crippen LogP contribution in [-0.2, 0) is 9.84 Å². The lowest BCUT2D eigenvalue weighted by atomic mass is 9.79. The quantitative estimate of drug-likeness (QED) is 0.811. The standard InChI is InChI=1S/C13H26N2O2S/c1-11-3-4-13(14)12(9-11)10-15-5-2-7-18(16,17)8-6-15/h11-13H,2-10,14H2,1H3. The van der Waals surface area contributed by atoms with Crippen molar-refractivity contribution in [3.8, 4) is 0 Å². The van der Waals surface area contributed by atoms with Crippen LogP contribution in [0.15, 0.2) is 0 Å². The number of hydrogen-bond acceptors (Lipinski definition) is 4. The zero-order valence-electron chi connectivity index (χ0n) is 11.3. The summed E-state index contributed by atoms with van der Waals surface area (Å²) in [6, 6.07) is 0.307. The molecule has 4 nitrogen and oxygen atoms in total. The van der Waals surface area contributed by atoms with Crippen LogP contribution in [0, 0.1) is 11.8 Å². The SMILES string of the molecule is CC1CCC(N)C(CN2CCCS(=O)(=O)CC2)C1. The fourth-order valence-electron chi connectivity index (χ4n) is 3.24. The fraction of sp³-hybridized carbons (Fsp3) is 1.00. The first kappa shape index (κ1) is 14.3. The van der Waals surface area contributed by atoms with Crippen molar-refractivity contribution in [2.24, 2.45) is 17.6 Å². The average Bonchev–Trinajstić information content (AvgIpc) is 2.46. The molecule has 1 heterocycles. The van der Waals surface area contributed by atoms with E-state index in [2.05, 4.69) is 11.8 Å². The molecule has 0 spiro atoms. The normalized spacial score (nSPS) is 38.2. The number of sulfone groups is 1. The molecule has 3 unspecified atom stereocenters. The third-order valence-electron chi connectivity index (χ3n) is 4.44. The summed E-state index contributed by atoms with van der Waals surface area (Å²) in [6.07, 6.45) is 4.34. The highest BCUT2D eigenvalue weighted by atomic mass is 32.2. The Morgan fingerprint density at radius 3 is 2.78 bits per heavy atom. The van der Waals surface area contributed by atoms with E-state index in [1.807, 2.05) is 0 Å². The van der Waals surface area contributed by atoms with Crippen molar-refractivity contribution in [2.75, 3.05) is 31.1 Å². The molecule has 1 aliphatic heterocycles. The van der Waals surface area contributed by atoms with Gasteiger partial charge in [0, 0.05) is 19.1 Å². The van der Waals surface area contributed by atoms with Gasteiger partial charge in [-0.3, -0.25) is 0 Å². The van der Waals surface area contributed by atoms with E-state index in [0.29, 0.717) is 30.0 Å². The van der Waals surface area contributed by atoms with Crippen molar-refractivity contribution in [1.29, 1.82) is 0 Å². The molecule has 3 atom stereocenters. The minimum atomic E-state index is -2.79. The second-order valence-corrected chi connectivity index (χ2v) is 8.45. The first-order valence-electron chi connectivity index (χ1n) is 7.14. The Bertz CT molecular complexity index is 369. The van der Waals surface area contributed by atoms with E-state index in [1.165, 1.54) is 12.8 Å². The zero-order chi connectivity index (χ0) is 13.2. The first-order chi connectivity index (χ1) is 8.46. The lowest BCUT2D eigenvalue weighted by Gasteiger charge is -2.35. The zero-order valence-corrected chi connectivity index (χ0v) is 12.2. The number of hydrogen-bond donors (Lipinski definition) is 1. The van der Waals surface area contributed by atoms with Crippen molar-refractivity contribution < 1.29 is 8.42 Å². The molecule has 0 aromatic carbocycles. The summed E-state index contributed by atoms with van der Waals surface area (Å²) in [5.74, 6) is 2.00. The molecule has 2 rings (SSSR count). The van der Waals surface area contributed by atoms with Gasteiger partial charge in [0.15, 0.2) is 9.84 Å². The van der Waals surface area contributed by atoms with Crippen LogP contribution >= 0.6 is 0 Å². The second kappa shape index (κ2) is 5.88. The third-order valence-corrected chi connectivity index (χ3v) is 6.16. The van der Waals surface area contributed by atoms with E-state index in [1.54, 1.807) is 0 Å². The van der Waals surface area contributed by atoms with Gasteiger partial charge < -0.3 is 10.6 Å². The van der Waals surface area contributed by atoms with E-state index in [4.69, 9.17) is 5.73 Å². The molecule has 106 valence electrons. The Balaban J connectivity index is 1.88. The van der Waals surface area contributed by atoms with Crippen LogP contribution in [0.3, 0.4) is 0 Å². The smallest absolute Gasteiger partial charge is 0.151 e.